The van der Waals surface area contributed by atoms with Crippen LogP contribution in [0.5, 0.6) is 0 Å². The number of carbonyl (C=O) groups excluding carboxylic acids is 1. The number of aromatic nitrogens is 2. The third-order valence-electron chi connectivity index (χ3n) is 2.65. The smallest absolute Gasteiger partial charge is 0.306 e. The highest BCUT2D eigenvalue weighted by Gasteiger charge is 2.20. The van der Waals surface area contributed by atoms with Crippen LogP contribution in [0.3, 0.4) is 0 Å². The Morgan fingerprint density at radius 1 is 1.55 bits per heavy atom. The van der Waals surface area contributed by atoms with E-state index in [1.807, 2.05) is 31.4 Å². The number of thioether (sulfide) groups is 1. The minimum absolute atomic E-state index is 0.0378. The second-order valence-corrected chi connectivity index (χ2v) is 7.03. The fourth-order valence-corrected chi connectivity index (χ4v) is 3.47. The molecule has 20 heavy (non-hydrogen) atoms. The standard InChI is InChI=1S/C13H16N2O3S2/c1-8(7-11(16)17-3)20-9(2)13-14-12(15-18-13)10-5-4-6-19-10/h4-6,8-9H,7H2,1-3H3/t8-,9-/m0/s1. The van der Waals surface area contributed by atoms with Crippen LogP contribution in [0.1, 0.15) is 31.4 Å². The summed E-state index contributed by atoms with van der Waals surface area (Å²) >= 11 is 3.19. The summed E-state index contributed by atoms with van der Waals surface area (Å²) < 4.78 is 9.95. The van der Waals surface area contributed by atoms with Crippen molar-refractivity contribution in [2.75, 3.05) is 7.11 Å². The summed E-state index contributed by atoms with van der Waals surface area (Å²) in [6.45, 7) is 3.97. The molecule has 0 N–H and O–H groups in total. The molecule has 0 aliphatic heterocycles. The van der Waals surface area contributed by atoms with E-state index in [9.17, 15) is 4.79 Å². The van der Waals surface area contributed by atoms with Crippen molar-refractivity contribution in [2.24, 2.45) is 0 Å². The molecule has 5 nitrogen and oxygen atoms in total. The Hall–Kier alpha value is -1.34. The number of hydrogen-bond donors (Lipinski definition) is 0. The lowest BCUT2D eigenvalue weighted by Crippen LogP contribution is -2.09. The van der Waals surface area contributed by atoms with Gasteiger partial charge in [-0.05, 0) is 18.4 Å². The first-order valence-electron chi connectivity index (χ1n) is 6.20. The van der Waals surface area contributed by atoms with Crippen molar-refractivity contribution in [3.63, 3.8) is 0 Å². The van der Waals surface area contributed by atoms with Gasteiger partial charge in [-0.1, -0.05) is 18.1 Å². The average molecular weight is 312 g/mol. The van der Waals surface area contributed by atoms with Gasteiger partial charge in [0.15, 0.2) is 0 Å². The van der Waals surface area contributed by atoms with E-state index in [4.69, 9.17) is 4.52 Å². The Morgan fingerprint density at radius 3 is 3.00 bits per heavy atom. The van der Waals surface area contributed by atoms with Crippen LogP contribution in [0.4, 0.5) is 0 Å². The molecule has 0 fully saturated rings. The Labute approximate surface area is 125 Å². The largest absolute Gasteiger partial charge is 0.469 e. The molecule has 0 aliphatic carbocycles. The van der Waals surface area contributed by atoms with E-state index in [0.717, 1.165) is 4.88 Å². The van der Waals surface area contributed by atoms with Gasteiger partial charge in [0.05, 0.1) is 23.7 Å². The lowest BCUT2D eigenvalue weighted by atomic mass is 10.3. The van der Waals surface area contributed by atoms with Crippen molar-refractivity contribution in [1.29, 1.82) is 0 Å². The number of rotatable bonds is 6. The number of methoxy groups -OCH3 is 1. The van der Waals surface area contributed by atoms with Crippen LogP contribution in [0.2, 0.25) is 0 Å². The summed E-state index contributed by atoms with van der Waals surface area (Å²) in [5, 5.41) is 6.13. The summed E-state index contributed by atoms with van der Waals surface area (Å²) in [4.78, 5) is 16.6. The van der Waals surface area contributed by atoms with Gasteiger partial charge in [0, 0.05) is 5.25 Å². The van der Waals surface area contributed by atoms with Crippen molar-refractivity contribution >= 4 is 29.1 Å². The minimum Gasteiger partial charge on any atom is -0.469 e. The second kappa shape index (κ2) is 6.90. The Balaban J connectivity index is 1.96. The number of carbonyl (C=O) groups is 1. The van der Waals surface area contributed by atoms with Crippen LogP contribution < -0.4 is 0 Å². The molecule has 2 heterocycles. The first-order chi connectivity index (χ1) is 9.60. The van der Waals surface area contributed by atoms with E-state index in [2.05, 4.69) is 14.9 Å². The third kappa shape index (κ3) is 3.83. The van der Waals surface area contributed by atoms with E-state index in [1.165, 1.54) is 7.11 Å². The number of esters is 1. The summed E-state index contributed by atoms with van der Waals surface area (Å²) in [7, 11) is 1.40. The molecule has 2 aromatic heterocycles. The van der Waals surface area contributed by atoms with Gasteiger partial charge in [-0.2, -0.15) is 4.98 Å². The number of ether oxygens (including phenoxy) is 1. The first kappa shape index (κ1) is 15.1. The van der Waals surface area contributed by atoms with Gasteiger partial charge in [0.2, 0.25) is 11.7 Å². The zero-order valence-electron chi connectivity index (χ0n) is 11.5. The molecule has 0 saturated heterocycles. The highest BCUT2D eigenvalue weighted by Crippen LogP contribution is 2.33. The first-order valence-corrected chi connectivity index (χ1v) is 8.02. The van der Waals surface area contributed by atoms with E-state index in [1.54, 1.807) is 23.1 Å². The Morgan fingerprint density at radius 2 is 2.35 bits per heavy atom. The molecular weight excluding hydrogens is 296 g/mol. The molecule has 2 atom stereocenters. The van der Waals surface area contributed by atoms with E-state index in [0.29, 0.717) is 18.1 Å². The zero-order chi connectivity index (χ0) is 14.5. The lowest BCUT2D eigenvalue weighted by Gasteiger charge is -2.12. The molecular formula is C13H16N2O3S2. The van der Waals surface area contributed by atoms with Crippen LogP contribution >= 0.6 is 23.1 Å². The van der Waals surface area contributed by atoms with Crippen LogP contribution in [0.15, 0.2) is 22.0 Å². The Kier molecular flexibility index (Phi) is 5.19. The maximum Gasteiger partial charge on any atom is 0.306 e. The number of hydrogen-bond acceptors (Lipinski definition) is 7. The molecule has 7 heteroatoms. The maximum atomic E-state index is 11.2. The normalized spacial score (nSPS) is 13.9. The minimum atomic E-state index is -0.206. The van der Waals surface area contributed by atoms with E-state index < -0.39 is 0 Å². The molecule has 0 bridgehead atoms. The predicted octanol–water partition coefficient (Wildman–Crippen LogP) is 3.54. The number of thiophene rings is 1. The molecule has 0 spiro atoms. The highest BCUT2D eigenvalue weighted by atomic mass is 32.2. The van der Waals surface area contributed by atoms with Gasteiger partial charge < -0.3 is 9.26 Å². The van der Waals surface area contributed by atoms with Gasteiger partial charge in [-0.3, -0.25) is 4.79 Å². The van der Waals surface area contributed by atoms with Crippen LogP contribution in [0, 0.1) is 0 Å². The summed E-state index contributed by atoms with van der Waals surface area (Å²) in [5.74, 6) is 0.986. The van der Waals surface area contributed by atoms with E-state index in [-0.39, 0.29) is 16.5 Å². The summed E-state index contributed by atoms with van der Waals surface area (Å²) in [6.07, 6.45) is 0.372. The van der Waals surface area contributed by atoms with Gasteiger partial charge in [-0.15, -0.1) is 23.1 Å². The molecule has 0 saturated carbocycles. The molecule has 0 aliphatic rings. The van der Waals surface area contributed by atoms with Crippen LogP contribution in [0.25, 0.3) is 10.7 Å². The average Bonchev–Trinajstić information content (AvgIpc) is 3.08. The van der Waals surface area contributed by atoms with Crippen molar-refractivity contribution in [3.05, 3.63) is 23.4 Å². The van der Waals surface area contributed by atoms with E-state index >= 15 is 0 Å². The maximum absolute atomic E-state index is 11.2. The monoisotopic (exact) mass is 312 g/mol. The van der Waals surface area contributed by atoms with Crippen molar-refractivity contribution in [2.45, 2.75) is 30.8 Å². The number of nitrogens with zero attached hydrogens (tertiary/aromatic N) is 2. The van der Waals surface area contributed by atoms with Gasteiger partial charge in [0.1, 0.15) is 0 Å². The van der Waals surface area contributed by atoms with Gasteiger partial charge in [-0.25, -0.2) is 0 Å². The van der Waals surface area contributed by atoms with Crippen LogP contribution in [-0.2, 0) is 9.53 Å². The fourth-order valence-electron chi connectivity index (χ4n) is 1.68. The highest BCUT2D eigenvalue weighted by molar-refractivity contribution is 8.00. The zero-order valence-corrected chi connectivity index (χ0v) is 13.2. The Bertz CT molecular complexity index is 554. The van der Waals surface area contributed by atoms with Crippen LogP contribution in [-0.4, -0.2) is 28.5 Å². The molecule has 0 amide bonds. The molecule has 0 aromatic carbocycles. The van der Waals surface area contributed by atoms with Crippen molar-refractivity contribution < 1.29 is 14.1 Å². The molecule has 2 rings (SSSR count). The summed E-state index contributed by atoms with van der Waals surface area (Å²) in [5.41, 5.74) is 0. The molecule has 0 unspecified atom stereocenters. The molecule has 108 valence electrons. The topological polar surface area (TPSA) is 65.2 Å². The quantitative estimate of drug-likeness (QED) is 0.760. The van der Waals surface area contributed by atoms with Gasteiger partial charge in [0.25, 0.3) is 0 Å². The lowest BCUT2D eigenvalue weighted by molar-refractivity contribution is -0.140. The molecule has 2 aromatic rings. The predicted molar refractivity (Wildman–Crippen MR) is 79.7 cm³/mol. The fraction of sp³-hybridized carbons (Fsp3) is 0.462. The second-order valence-electron chi connectivity index (χ2n) is 4.30. The van der Waals surface area contributed by atoms with Gasteiger partial charge >= 0.3 is 5.97 Å². The van der Waals surface area contributed by atoms with Crippen molar-refractivity contribution in [3.8, 4) is 10.7 Å². The SMILES string of the molecule is COC(=O)C[C@H](C)S[C@@H](C)c1nc(-c2cccs2)no1. The van der Waals surface area contributed by atoms with Crippen molar-refractivity contribution in [1.82, 2.24) is 10.1 Å². The molecule has 0 radical (unpaired) electrons. The summed E-state index contributed by atoms with van der Waals surface area (Å²) in [6, 6.07) is 3.91. The third-order valence-corrected chi connectivity index (χ3v) is 4.76.